The molecule has 0 radical (unpaired) electrons. The van der Waals surface area contributed by atoms with Crippen molar-refractivity contribution < 1.29 is 18.4 Å². The van der Waals surface area contributed by atoms with E-state index in [9.17, 15) is 9.18 Å². The van der Waals surface area contributed by atoms with Gasteiger partial charge >= 0.3 is 5.97 Å². The molecule has 1 aliphatic rings. The van der Waals surface area contributed by atoms with Crippen molar-refractivity contribution in [3.63, 3.8) is 0 Å². The van der Waals surface area contributed by atoms with Crippen molar-refractivity contribution in [2.24, 2.45) is 0 Å². The first-order valence-electron chi connectivity index (χ1n) is 8.22. The molecule has 0 atom stereocenters. The van der Waals surface area contributed by atoms with Gasteiger partial charge in [0.05, 0.1) is 32.7 Å². The van der Waals surface area contributed by atoms with Crippen molar-refractivity contribution in [1.82, 2.24) is 9.64 Å². The molecule has 1 fully saturated rings. The molecule has 0 spiro atoms. The average Bonchev–Trinajstić information content (AvgIpc) is 2.98. The number of piperidine rings is 1. The molecule has 0 amide bonds. The molecule has 124 valence electrons. The van der Waals surface area contributed by atoms with Crippen LogP contribution in [-0.2, 0) is 9.53 Å². The molecule has 3 rings (SSSR count). The van der Waals surface area contributed by atoms with E-state index in [0.29, 0.717) is 29.6 Å². The van der Waals surface area contributed by atoms with E-state index in [-0.39, 0.29) is 11.8 Å². The second kappa shape index (κ2) is 6.66. The van der Waals surface area contributed by atoms with Crippen molar-refractivity contribution in [2.75, 3.05) is 26.2 Å². The van der Waals surface area contributed by atoms with Crippen LogP contribution in [0.25, 0.3) is 11.0 Å². The maximum atomic E-state index is 13.4. The summed E-state index contributed by atoms with van der Waals surface area (Å²) in [5.74, 6) is 0.287. The van der Waals surface area contributed by atoms with Gasteiger partial charge < -0.3 is 9.26 Å². The highest BCUT2D eigenvalue weighted by Crippen LogP contribution is 2.34. The number of ether oxygens (including phenoxy) is 1. The highest BCUT2D eigenvalue weighted by molar-refractivity contribution is 5.87. The topological polar surface area (TPSA) is 52.3 Å². The molecule has 0 bridgehead atoms. The minimum absolute atomic E-state index is 0.186. The van der Waals surface area contributed by atoms with E-state index in [0.717, 1.165) is 37.1 Å². The number of rotatable bonds is 5. The Hall–Kier alpha value is -1.95. The molecule has 1 aliphatic heterocycles. The minimum atomic E-state index is -0.336. The maximum Gasteiger partial charge on any atom is 0.311 e. The lowest BCUT2D eigenvalue weighted by atomic mass is 10.1. The van der Waals surface area contributed by atoms with Crippen molar-refractivity contribution >= 4 is 22.8 Å². The first kappa shape index (κ1) is 15.9. The van der Waals surface area contributed by atoms with Gasteiger partial charge in [0.25, 0.3) is 5.82 Å². The van der Waals surface area contributed by atoms with E-state index in [4.69, 9.17) is 9.26 Å². The van der Waals surface area contributed by atoms with E-state index >= 15 is 0 Å². The first-order chi connectivity index (χ1) is 11.1. The van der Waals surface area contributed by atoms with E-state index in [1.54, 1.807) is 6.07 Å². The number of carbonyl (C=O) groups excluding carboxylic acids is 1. The predicted octanol–water partition coefficient (Wildman–Crippen LogP) is 3.41. The Morgan fingerprint density at radius 1 is 1.35 bits per heavy atom. The van der Waals surface area contributed by atoms with Gasteiger partial charge in [-0.15, -0.1) is 0 Å². The fourth-order valence-corrected chi connectivity index (χ4v) is 3.44. The van der Waals surface area contributed by atoms with Gasteiger partial charge in [-0.05, 0) is 43.5 Å². The Bertz CT molecular complexity index is 692. The molecule has 1 aromatic carbocycles. The van der Waals surface area contributed by atoms with Gasteiger partial charge in [-0.1, -0.05) is 0 Å². The van der Waals surface area contributed by atoms with Crippen LogP contribution in [0.5, 0.6) is 0 Å². The number of carbonyl (C=O) groups is 1. The Balaban J connectivity index is 1.92. The summed E-state index contributed by atoms with van der Waals surface area (Å²) in [5, 5.41) is 5.07. The molecule has 0 unspecified atom stereocenters. The summed E-state index contributed by atoms with van der Waals surface area (Å²) < 4.78 is 24.4. The van der Waals surface area contributed by atoms with E-state index in [2.05, 4.69) is 5.16 Å². The highest BCUT2D eigenvalue weighted by Gasteiger charge is 2.37. The number of hydrogen-bond acceptors (Lipinski definition) is 4. The molecule has 2 heterocycles. The fraction of sp³-hybridized carbons (Fsp3) is 0.529. The Morgan fingerprint density at radius 3 is 2.87 bits per heavy atom. The summed E-state index contributed by atoms with van der Waals surface area (Å²) in [4.78, 5) is 11.8. The van der Waals surface area contributed by atoms with Gasteiger partial charge in [0.2, 0.25) is 0 Å². The van der Waals surface area contributed by atoms with Crippen molar-refractivity contribution in [2.45, 2.75) is 32.6 Å². The van der Waals surface area contributed by atoms with Crippen molar-refractivity contribution in [1.29, 1.82) is 0 Å². The number of nitrogens with zero attached hydrogens (tertiary/aromatic N) is 2. The standard InChI is InChI=1S/C17H22FN2O3/c1-2-22-16(21)8-11-20(9-4-3-5-10-20)17-14-7-6-13(18)12-15(14)23-19-17/h6-7,12H,2-5,8-11H2,1H3/q+1. The molecule has 2 aromatic rings. The zero-order valence-corrected chi connectivity index (χ0v) is 13.4. The monoisotopic (exact) mass is 321 g/mol. The number of quaternary nitrogens is 1. The molecular weight excluding hydrogens is 299 g/mol. The molecule has 0 N–H and O–H groups in total. The highest BCUT2D eigenvalue weighted by atomic mass is 19.1. The van der Waals surface area contributed by atoms with Crippen LogP contribution in [0.15, 0.2) is 22.7 Å². The van der Waals surface area contributed by atoms with Gasteiger partial charge in [0.1, 0.15) is 11.2 Å². The number of benzene rings is 1. The molecule has 6 heteroatoms. The van der Waals surface area contributed by atoms with Crippen LogP contribution in [0.1, 0.15) is 32.6 Å². The lowest BCUT2D eigenvalue weighted by Crippen LogP contribution is -2.54. The molecule has 1 aromatic heterocycles. The Kier molecular flexibility index (Phi) is 4.61. The average molecular weight is 321 g/mol. The van der Waals surface area contributed by atoms with E-state index in [1.165, 1.54) is 18.6 Å². The summed E-state index contributed by atoms with van der Waals surface area (Å²) in [7, 11) is 0. The third kappa shape index (κ3) is 3.22. The molecule has 0 aliphatic carbocycles. The van der Waals surface area contributed by atoms with Crippen LogP contribution in [0.2, 0.25) is 0 Å². The van der Waals surface area contributed by atoms with Crippen LogP contribution < -0.4 is 4.48 Å². The van der Waals surface area contributed by atoms with Crippen molar-refractivity contribution in [3.8, 4) is 0 Å². The first-order valence-corrected chi connectivity index (χ1v) is 8.22. The largest absolute Gasteiger partial charge is 0.466 e. The molecule has 5 nitrogen and oxygen atoms in total. The SMILES string of the molecule is CCOC(=O)CC[N+]1(c2noc3cc(F)ccc23)CCCCC1. The lowest BCUT2D eigenvalue weighted by molar-refractivity contribution is -0.143. The Morgan fingerprint density at radius 2 is 2.13 bits per heavy atom. The number of halogens is 1. The summed E-state index contributed by atoms with van der Waals surface area (Å²) in [6, 6.07) is 4.50. The molecule has 23 heavy (non-hydrogen) atoms. The summed E-state index contributed by atoms with van der Waals surface area (Å²) in [5.41, 5.74) is 0.458. The normalized spacial score (nSPS) is 17.3. The maximum absolute atomic E-state index is 13.4. The second-order valence-electron chi connectivity index (χ2n) is 6.08. The number of fused-ring (bicyclic) bond motifs is 1. The number of hydrogen-bond donors (Lipinski definition) is 0. The summed E-state index contributed by atoms with van der Waals surface area (Å²) in [6.45, 7) is 4.67. The van der Waals surface area contributed by atoms with Gasteiger partial charge in [-0.3, -0.25) is 9.28 Å². The van der Waals surface area contributed by atoms with Gasteiger partial charge in [-0.2, -0.15) is 0 Å². The van der Waals surface area contributed by atoms with E-state index in [1.807, 2.05) is 6.92 Å². The van der Waals surface area contributed by atoms with Crippen LogP contribution in [0, 0.1) is 5.82 Å². The van der Waals surface area contributed by atoms with Crippen LogP contribution in [-0.4, -0.2) is 37.4 Å². The van der Waals surface area contributed by atoms with Gasteiger partial charge in [-0.25, -0.2) is 4.39 Å². The lowest BCUT2D eigenvalue weighted by Gasteiger charge is -2.38. The minimum Gasteiger partial charge on any atom is -0.466 e. The number of aromatic nitrogens is 1. The molecule has 1 saturated heterocycles. The Labute approximate surface area is 134 Å². The molecular formula is C17H22FN2O3+. The summed E-state index contributed by atoms with van der Waals surface area (Å²) in [6.07, 6.45) is 3.70. The van der Waals surface area contributed by atoms with Crippen LogP contribution in [0.3, 0.4) is 0 Å². The molecule has 0 saturated carbocycles. The summed E-state index contributed by atoms with van der Waals surface area (Å²) >= 11 is 0. The van der Waals surface area contributed by atoms with E-state index < -0.39 is 0 Å². The van der Waals surface area contributed by atoms with Crippen LogP contribution in [0.4, 0.5) is 10.2 Å². The fourth-order valence-electron chi connectivity index (χ4n) is 3.44. The van der Waals surface area contributed by atoms with Crippen molar-refractivity contribution in [3.05, 3.63) is 24.0 Å². The second-order valence-corrected chi connectivity index (χ2v) is 6.08. The quantitative estimate of drug-likeness (QED) is 0.625. The van der Waals surface area contributed by atoms with Gasteiger partial charge in [0, 0.05) is 6.07 Å². The van der Waals surface area contributed by atoms with Gasteiger partial charge in [0.15, 0.2) is 5.58 Å². The van der Waals surface area contributed by atoms with Crippen LogP contribution >= 0.6 is 0 Å². The number of likely N-dealkylation sites (tertiary alicyclic amines) is 1. The zero-order valence-electron chi connectivity index (χ0n) is 13.4. The third-order valence-electron chi connectivity index (χ3n) is 4.59. The zero-order chi connectivity index (χ0) is 16.3. The predicted molar refractivity (Wildman–Crippen MR) is 85.5 cm³/mol. The smallest absolute Gasteiger partial charge is 0.311 e. The third-order valence-corrected chi connectivity index (χ3v) is 4.59. The number of esters is 1.